The summed E-state index contributed by atoms with van der Waals surface area (Å²) in [7, 11) is 0. The molecular weight excluding hydrogens is 728 g/mol. The number of carbonyl (C=O) groups is 5. The van der Waals surface area contributed by atoms with Crippen molar-refractivity contribution >= 4 is 81.2 Å². The van der Waals surface area contributed by atoms with Crippen LogP contribution in [0.3, 0.4) is 0 Å². The number of fused-ring (bicyclic) bond motifs is 4. The molecule has 51 heavy (non-hydrogen) atoms. The van der Waals surface area contributed by atoms with Gasteiger partial charge in [0, 0.05) is 60.6 Å². The molecule has 6 heterocycles. The summed E-state index contributed by atoms with van der Waals surface area (Å²) in [5.74, 6) is -4.28. The zero-order chi connectivity index (χ0) is 36.1. The van der Waals surface area contributed by atoms with Crippen molar-refractivity contribution in [2.75, 3.05) is 50.2 Å². The molecule has 2 N–H and O–H groups in total. The molecule has 3 atom stereocenters. The van der Waals surface area contributed by atoms with E-state index in [9.17, 15) is 39.0 Å². The lowest BCUT2D eigenvalue weighted by atomic mass is 9.89. The lowest BCUT2D eigenvalue weighted by molar-refractivity contribution is -0.154. The maximum absolute atomic E-state index is 15.3. The normalized spacial score (nSPS) is 21.5. The highest BCUT2D eigenvalue weighted by Crippen LogP contribution is 2.47. The Morgan fingerprint density at radius 2 is 1.80 bits per heavy atom. The van der Waals surface area contributed by atoms with Crippen LogP contribution >= 0.6 is 34.9 Å². The van der Waals surface area contributed by atoms with E-state index in [-0.39, 0.29) is 64.4 Å². The summed E-state index contributed by atoms with van der Waals surface area (Å²) in [5.41, 5.74) is -0.345. The number of carboxylic acid groups (broad SMARTS) is 2. The van der Waals surface area contributed by atoms with Crippen LogP contribution in [0.2, 0.25) is 0 Å². The SMILES string of the molecule is CC1Sc2c(C(=O)O)c(=O)c3cc(F)c(N4CCN(COC(=O)OCC5=C(C(=O)O)N6C(=O)[C@@H](CC(=O)Cc7cccs7)[C@H]6SC5)CC4)cc3n21. The van der Waals surface area contributed by atoms with Crippen LogP contribution in [0.5, 0.6) is 0 Å². The smallest absolute Gasteiger partial charge is 0.477 e. The molecule has 14 nitrogen and oxygen atoms in total. The Morgan fingerprint density at radius 1 is 1.04 bits per heavy atom. The van der Waals surface area contributed by atoms with Gasteiger partial charge in [-0.3, -0.25) is 24.2 Å². The van der Waals surface area contributed by atoms with Gasteiger partial charge in [-0.1, -0.05) is 17.8 Å². The number of hydrogen-bond donors (Lipinski definition) is 2. The fourth-order valence-electron chi connectivity index (χ4n) is 6.77. The van der Waals surface area contributed by atoms with Crippen molar-refractivity contribution in [2.24, 2.45) is 5.92 Å². The number of ether oxygens (including phenoxy) is 2. The number of carbonyl (C=O) groups excluding carboxylic acids is 3. The van der Waals surface area contributed by atoms with E-state index in [1.807, 2.05) is 29.3 Å². The first-order valence-electron chi connectivity index (χ1n) is 16.0. The van der Waals surface area contributed by atoms with Crippen LogP contribution in [0.15, 0.2) is 50.7 Å². The molecule has 1 amide bonds. The highest BCUT2D eigenvalue weighted by molar-refractivity contribution is 8.00. The van der Waals surface area contributed by atoms with Gasteiger partial charge in [0.05, 0.1) is 32.9 Å². The van der Waals surface area contributed by atoms with Crippen LogP contribution in [0, 0.1) is 11.7 Å². The number of thioether (sulfide) groups is 2. The molecule has 2 fully saturated rings. The Kier molecular flexibility index (Phi) is 9.59. The molecule has 1 aromatic carbocycles. The third kappa shape index (κ3) is 6.49. The number of halogens is 1. The zero-order valence-electron chi connectivity index (χ0n) is 27.0. The van der Waals surface area contributed by atoms with Crippen molar-refractivity contribution in [3.8, 4) is 0 Å². The second-order valence-corrected chi connectivity index (χ2v) is 15.9. The monoisotopic (exact) mass is 758 g/mol. The van der Waals surface area contributed by atoms with Crippen molar-refractivity contribution in [3.05, 3.63) is 67.4 Å². The Labute approximate surface area is 301 Å². The highest BCUT2D eigenvalue weighted by atomic mass is 32.2. The minimum Gasteiger partial charge on any atom is -0.477 e. The third-order valence-corrected chi connectivity index (χ3v) is 12.7. The van der Waals surface area contributed by atoms with Gasteiger partial charge in [0.1, 0.15) is 36.2 Å². The minimum atomic E-state index is -1.35. The van der Waals surface area contributed by atoms with E-state index in [2.05, 4.69) is 0 Å². The average molecular weight is 759 g/mol. The summed E-state index contributed by atoms with van der Waals surface area (Å²) >= 11 is 4.05. The number of β-lactam (4-membered cyclic amide) rings is 1. The molecule has 0 aliphatic carbocycles. The number of aliphatic carboxylic acids is 1. The summed E-state index contributed by atoms with van der Waals surface area (Å²) in [6.45, 7) is 2.88. The molecule has 1 unspecified atom stereocenters. The second kappa shape index (κ2) is 14.0. The lowest BCUT2D eigenvalue weighted by Gasteiger charge is -2.49. The quantitative estimate of drug-likeness (QED) is 0.213. The number of benzene rings is 1. The summed E-state index contributed by atoms with van der Waals surface area (Å²) < 4.78 is 27.5. The zero-order valence-corrected chi connectivity index (χ0v) is 29.5. The van der Waals surface area contributed by atoms with Gasteiger partial charge in [-0.15, -0.1) is 23.1 Å². The molecule has 0 spiro atoms. The molecule has 2 saturated heterocycles. The van der Waals surface area contributed by atoms with Crippen LogP contribution in [0.1, 0.15) is 34.0 Å². The van der Waals surface area contributed by atoms with Crippen LogP contribution in [0.25, 0.3) is 10.9 Å². The van der Waals surface area contributed by atoms with Crippen molar-refractivity contribution in [1.29, 1.82) is 0 Å². The molecule has 4 aliphatic heterocycles. The standard InChI is InChI=1S/C33H31FN4O10S3/c1-16-37-23-12-24(22(34)11-20(23)27(40)25(31(42)43)30(37)51-16)36-6-4-35(5-7-36)15-48-33(46)47-13-17-14-50-29-21(28(41)38(29)26(17)32(44)45)10-18(39)9-19-3-2-8-49-19/h2-3,8,11-12,16,21,29H,4-7,9-10,13-15H2,1H3,(H,42,43)(H,44,45)/t16?,21-,29-/m1/s1. The molecule has 3 aromatic rings. The average Bonchev–Trinajstić information content (AvgIpc) is 3.61. The molecular formula is C33H31FN4O10S3. The number of hydrogen-bond acceptors (Lipinski definition) is 13. The van der Waals surface area contributed by atoms with Gasteiger partial charge in [-0.25, -0.2) is 18.8 Å². The van der Waals surface area contributed by atoms with E-state index in [1.165, 1.54) is 39.8 Å². The molecule has 2 aromatic heterocycles. The number of amides is 1. The van der Waals surface area contributed by atoms with Crippen LogP contribution in [-0.4, -0.2) is 105 Å². The van der Waals surface area contributed by atoms with Crippen LogP contribution in [0.4, 0.5) is 14.9 Å². The second-order valence-electron chi connectivity index (χ2n) is 12.4. The van der Waals surface area contributed by atoms with Gasteiger partial charge < -0.3 is 29.2 Å². The van der Waals surface area contributed by atoms with Crippen LogP contribution < -0.4 is 10.3 Å². The largest absolute Gasteiger partial charge is 0.509 e. The predicted octanol–water partition coefficient (Wildman–Crippen LogP) is 3.83. The summed E-state index contributed by atoms with van der Waals surface area (Å²) in [5, 5.41) is 21.1. The van der Waals surface area contributed by atoms with Crippen molar-refractivity contribution in [3.63, 3.8) is 0 Å². The van der Waals surface area contributed by atoms with Crippen LogP contribution in [-0.2, 0) is 30.3 Å². The number of aromatic nitrogens is 1. The number of anilines is 1. The predicted molar refractivity (Wildman–Crippen MR) is 186 cm³/mol. The van der Waals surface area contributed by atoms with E-state index in [4.69, 9.17) is 9.47 Å². The van der Waals surface area contributed by atoms with E-state index in [0.717, 1.165) is 10.9 Å². The number of aromatic carboxylic acids is 1. The number of carboxylic acids is 2. The first-order chi connectivity index (χ1) is 24.4. The Morgan fingerprint density at radius 3 is 2.47 bits per heavy atom. The van der Waals surface area contributed by atoms with Gasteiger partial charge in [-0.05, 0) is 30.5 Å². The van der Waals surface area contributed by atoms with Gasteiger partial charge in [0.15, 0.2) is 0 Å². The lowest BCUT2D eigenvalue weighted by Crippen LogP contribution is -2.62. The molecule has 0 saturated carbocycles. The topological polar surface area (TPSA) is 176 Å². The minimum absolute atomic E-state index is 0.00517. The number of pyridine rings is 1. The number of rotatable bonds is 11. The number of nitrogens with zero attached hydrogens (tertiary/aromatic N) is 4. The summed E-state index contributed by atoms with van der Waals surface area (Å²) in [6.07, 6.45) is -0.772. The molecule has 0 radical (unpaired) electrons. The fraction of sp³-hybridized carbons (Fsp3) is 0.394. The van der Waals surface area contributed by atoms with Crippen molar-refractivity contribution in [2.45, 2.75) is 35.5 Å². The van der Waals surface area contributed by atoms with E-state index < -0.39 is 53.1 Å². The molecule has 18 heteroatoms. The molecule has 0 bridgehead atoms. The van der Waals surface area contributed by atoms with E-state index >= 15 is 4.39 Å². The number of thiophene rings is 1. The maximum Gasteiger partial charge on any atom is 0.509 e. The highest BCUT2D eigenvalue weighted by Gasteiger charge is 2.53. The molecule has 268 valence electrons. The molecule has 7 rings (SSSR count). The van der Waals surface area contributed by atoms with E-state index in [0.29, 0.717) is 36.7 Å². The van der Waals surface area contributed by atoms with Gasteiger partial charge in [0.2, 0.25) is 11.3 Å². The summed E-state index contributed by atoms with van der Waals surface area (Å²) in [6, 6.07) is 6.36. The molecule has 4 aliphatic rings. The van der Waals surface area contributed by atoms with Gasteiger partial charge >= 0.3 is 18.1 Å². The maximum atomic E-state index is 15.3. The van der Waals surface area contributed by atoms with Crippen molar-refractivity contribution in [1.82, 2.24) is 14.4 Å². The van der Waals surface area contributed by atoms with Gasteiger partial charge in [0.25, 0.3) is 0 Å². The summed E-state index contributed by atoms with van der Waals surface area (Å²) in [4.78, 5) is 80.5. The number of piperazine rings is 1. The number of ketones is 1. The Bertz CT molecular complexity index is 2060. The number of Topliss-reactive ketones (excluding diaryl/α,β-unsaturated/α-hetero) is 1. The van der Waals surface area contributed by atoms with Crippen molar-refractivity contribution < 1.29 is 48.0 Å². The Hall–Kier alpha value is -4.39. The fourth-order valence-corrected chi connectivity index (χ4v) is 10.1. The first kappa shape index (κ1) is 35.0. The van der Waals surface area contributed by atoms with E-state index in [1.54, 1.807) is 15.5 Å². The Balaban J connectivity index is 0.917. The van der Waals surface area contributed by atoms with Gasteiger partial charge in [-0.2, -0.15) is 0 Å². The first-order valence-corrected chi connectivity index (χ1v) is 18.8. The third-order valence-electron chi connectivity index (χ3n) is 9.29.